The van der Waals surface area contributed by atoms with E-state index in [1.165, 1.54) is 17.7 Å². The van der Waals surface area contributed by atoms with Gasteiger partial charge in [0.05, 0.1) is 0 Å². The van der Waals surface area contributed by atoms with E-state index in [1.54, 1.807) is 0 Å². The molecule has 1 aromatic heterocycles. The van der Waals surface area contributed by atoms with Crippen molar-refractivity contribution in [2.24, 2.45) is 0 Å². The molecule has 0 aliphatic heterocycles. The van der Waals surface area contributed by atoms with Gasteiger partial charge in [-0.2, -0.15) is 0 Å². The van der Waals surface area contributed by atoms with E-state index in [0.717, 1.165) is 43.7 Å². The summed E-state index contributed by atoms with van der Waals surface area (Å²) in [7, 11) is -0.815. The molecule has 1 heterocycles. The Kier molecular flexibility index (Phi) is 12.6. The van der Waals surface area contributed by atoms with Crippen molar-refractivity contribution in [3.8, 4) is 0 Å². The van der Waals surface area contributed by atoms with Crippen molar-refractivity contribution < 1.29 is 24.8 Å². The molecular weight excluding hydrogens is 751 g/mol. The molecule has 0 unspecified atom stereocenters. The second-order valence-electron chi connectivity index (χ2n) is 9.31. The van der Waals surface area contributed by atoms with Crippen LogP contribution < -0.4 is 27.8 Å². The van der Waals surface area contributed by atoms with Crippen LogP contribution in [0.15, 0.2) is 140 Å². The third-order valence-electron chi connectivity index (χ3n) is 6.18. The van der Waals surface area contributed by atoms with Gasteiger partial charge in [0.2, 0.25) is 0 Å². The van der Waals surface area contributed by atoms with E-state index < -0.39 is 24.4 Å². The van der Waals surface area contributed by atoms with Crippen LogP contribution >= 0.6 is 24.4 Å². The summed E-state index contributed by atoms with van der Waals surface area (Å²) in [6.07, 6.45) is 3.81. The molecule has 0 fully saturated rings. The van der Waals surface area contributed by atoms with Crippen molar-refractivity contribution in [2.45, 2.75) is 25.7 Å². The van der Waals surface area contributed by atoms with E-state index >= 15 is 0 Å². The number of benzene rings is 4. The van der Waals surface area contributed by atoms with Crippen molar-refractivity contribution in [1.82, 2.24) is 4.98 Å². The minimum atomic E-state index is -1.66. The topological polar surface area (TPSA) is 31.4 Å². The van der Waals surface area contributed by atoms with Crippen LogP contribution in [0.1, 0.15) is 24.2 Å². The van der Waals surface area contributed by atoms with Crippen LogP contribution in [0.3, 0.4) is 0 Å². The van der Waals surface area contributed by atoms with Gasteiger partial charge in [-0.15, -0.1) is 0 Å². The molecule has 41 heavy (non-hydrogen) atoms. The summed E-state index contributed by atoms with van der Waals surface area (Å²) < 4.78 is 16.0. The number of nitrogens with zero attached hydrogens (tertiary/aromatic N) is 1. The van der Waals surface area contributed by atoms with Crippen molar-refractivity contribution in [1.29, 1.82) is 0 Å². The number of pyridine rings is 1. The molecule has 5 aromatic rings. The van der Waals surface area contributed by atoms with Crippen LogP contribution in [0.2, 0.25) is 0 Å². The molecule has 0 aliphatic rings. The Morgan fingerprint density at radius 2 is 1.07 bits per heavy atom. The molecule has 3 nitrogen and oxygen atoms in total. The van der Waals surface area contributed by atoms with Crippen LogP contribution in [-0.4, -0.2) is 18.2 Å². The van der Waals surface area contributed by atoms with Gasteiger partial charge in [-0.05, 0) is 0 Å². The van der Waals surface area contributed by atoms with E-state index in [9.17, 15) is 0 Å². The first kappa shape index (κ1) is 30.3. The summed E-state index contributed by atoms with van der Waals surface area (Å²) in [5.74, 6) is 0. The molecule has 0 aliphatic carbocycles. The molecule has 6 heteroatoms. The first-order chi connectivity index (χ1) is 20.3. The van der Waals surface area contributed by atoms with Crippen LogP contribution in [0.4, 0.5) is 0 Å². The summed E-state index contributed by atoms with van der Waals surface area (Å²) in [5.41, 5.74) is 2.30. The fourth-order valence-electron chi connectivity index (χ4n) is 4.19. The quantitative estimate of drug-likeness (QED) is 0.0833. The van der Waals surface area contributed by atoms with E-state index in [2.05, 4.69) is 140 Å². The Balaban J connectivity index is 1.09. The van der Waals surface area contributed by atoms with Gasteiger partial charge in [-0.1, -0.05) is 60.7 Å². The molecule has 0 N–H and O–H groups in total. The van der Waals surface area contributed by atoms with Crippen molar-refractivity contribution in [3.63, 3.8) is 0 Å². The summed E-state index contributed by atoms with van der Waals surface area (Å²) in [4.78, 5) is 4.96. The average molecular weight is 786 g/mol. The number of rotatable bonds is 15. The van der Waals surface area contributed by atoms with Gasteiger partial charge in [-0.3, -0.25) is 0 Å². The normalized spacial score (nSPS) is 11.6. The van der Waals surface area contributed by atoms with Crippen molar-refractivity contribution >= 4 is 35.0 Å². The fourth-order valence-corrected chi connectivity index (χ4v) is 19.5. The van der Waals surface area contributed by atoms with Gasteiger partial charge in [0.25, 0.3) is 0 Å². The Morgan fingerprint density at radius 1 is 0.561 bits per heavy atom. The van der Waals surface area contributed by atoms with Crippen molar-refractivity contribution in [2.75, 3.05) is 13.2 Å². The van der Waals surface area contributed by atoms with Gasteiger partial charge in [-0.25, -0.2) is 0 Å². The molecule has 0 bridgehead atoms. The standard InChI is InChI=1S/C35H35I2NO2P/c1-5-16-30(17-6-1)36-37(31-18-7-2-8-19-31)39-28-14-22-32-20-13-21-33(38-32)23-15-29-40-41(34-24-9-3-10-25-34)35-26-11-4-12-27-35/h1-13,16-21,24-27H,14-15,22-23,28-29H2/q-1. The average Bonchev–Trinajstić information content (AvgIpc) is 3.04. The van der Waals surface area contributed by atoms with Crippen LogP contribution in [-0.2, 0) is 20.4 Å². The molecule has 0 spiro atoms. The molecule has 0 radical (unpaired) electrons. The molecule has 0 saturated carbocycles. The maximum absolute atomic E-state index is 6.62. The monoisotopic (exact) mass is 786 g/mol. The predicted octanol–water partition coefficient (Wildman–Crippen LogP) is 5.19. The predicted molar refractivity (Wildman–Crippen MR) is 176 cm³/mol. The second kappa shape index (κ2) is 17.1. The first-order valence-electron chi connectivity index (χ1n) is 13.9. The third-order valence-corrected chi connectivity index (χ3v) is 22.8. The van der Waals surface area contributed by atoms with Crippen molar-refractivity contribution in [3.05, 3.63) is 158 Å². The molecule has 4 aromatic carbocycles. The van der Waals surface area contributed by atoms with E-state index in [1.807, 2.05) is 0 Å². The first-order valence-corrected chi connectivity index (χ1v) is 24.5. The van der Waals surface area contributed by atoms with Crippen LogP contribution in [0.25, 0.3) is 0 Å². The number of aryl methyl sites for hydroxylation is 2. The van der Waals surface area contributed by atoms with Gasteiger partial charge in [0.15, 0.2) is 0 Å². The number of hydrogen-bond donors (Lipinski definition) is 0. The van der Waals surface area contributed by atoms with E-state index in [-0.39, 0.29) is 17.2 Å². The number of hydrogen-bond acceptors (Lipinski definition) is 3. The molecular formula is C35H35I2NO2P-. The molecule has 5 rings (SSSR count). The van der Waals surface area contributed by atoms with Gasteiger partial charge in [0.1, 0.15) is 0 Å². The number of aromatic nitrogens is 1. The SMILES string of the molecule is c1ccc([I-]I(OCCCc2cccc(CCCOP(c3ccccc3)c3ccccc3)n2)c2ccccc2)cc1. The zero-order chi connectivity index (χ0) is 28.0. The Bertz CT molecular complexity index is 1390. The third kappa shape index (κ3) is 9.97. The Labute approximate surface area is 259 Å². The molecule has 0 saturated heterocycles. The fraction of sp³-hybridized carbons (Fsp3) is 0.171. The minimum absolute atomic E-state index is 0.132. The van der Waals surface area contributed by atoms with Gasteiger partial charge in [0, 0.05) is 10.6 Å². The zero-order valence-corrected chi connectivity index (χ0v) is 28.2. The Morgan fingerprint density at radius 3 is 1.66 bits per heavy atom. The van der Waals surface area contributed by atoms with Crippen LogP contribution in [0.5, 0.6) is 0 Å². The van der Waals surface area contributed by atoms with E-state index in [4.69, 9.17) is 12.6 Å². The summed E-state index contributed by atoms with van der Waals surface area (Å²) in [5, 5.41) is 2.50. The van der Waals surface area contributed by atoms with E-state index in [0.29, 0.717) is 6.61 Å². The number of halogens is 2. The second-order valence-corrected chi connectivity index (χ2v) is 23.6. The maximum atomic E-state index is 6.62. The summed E-state index contributed by atoms with van der Waals surface area (Å²) in [6.45, 7) is 1.51. The Hall–Kier alpha value is -2.16. The molecule has 0 atom stereocenters. The van der Waals surface area contributed by atoms with Crippen LogP contribution in [0, 0.1) is 7.14 Å². The molecule has 0 amide bonds. The summed E-state index contributed by atoms with van der Waals surface area (Å²) in [6, 6.07) is 49.4. The van der Waals surface area contributed by atoms with Gasteiger partial charge >= 0.3 is 190 Å². The summed E-state index contributed by atoms with van der Waals surface area (Å²) >= 11 is -1.79. The van der Waals surface area contributed by atoms with Gasteiger partial charge < -0.3 is 0 Å². The zero-order valence-electron chi connectivity index (χ0n) is 23.0. The molecule has 212 valence electrons.